The molecule has 1 aliphatic rings. The maximum absolute atomic E-state index is 14.1. The standard InChI is InChI=1S/C24H33F5N6O4/c1-21(2,3)39-20(37)33-15(8-22(4,5)24(27,28)29)16-10-35-18(32-16)7-14(9-31-35)17(11-38-6)34-13-23(25,26)12-30-19(34)36/h7,9-10,15,17H,8,11-13H2,1-6H3,(H,30,36)(H,33,37)/t15-,17+/m0/s1. The molecule has 0 bridgehead atoms. The van der Waals surface area contributed by atoms with Crippen LogP contribution in [0.3, 0.4) is 0 Å². The lowest BCUT2D eigenvalue weighted by atomic mass is 9.84. The van der Waals surface area contributed by atoms with Crippen molar-refractivity contribution in [1.29, 1.82) is 0 Å². The third-order valence-electron chi connectivity index (χ3n) is 6.14. The van der Waals surface area contributed by atoms with Gasteiger partial charge in [0.15, 0.2) is 5.65 Å². The van der Waals surface area contributed by atoms with Gasteiger partial charge in [-0.1, -0.05) is 13.8 Å². The summed E-state index contributed by atoms with van der Waals surface area (Å²) in [5, 5.41) is 8.84. The Morgan fingerprint density at radius 3 is 2.49 bits per heavy atom. The van der Waals surface area contributed by atoms with Gasteiger partial charge in [-0.2, -0.15) is 18.3 Å². The number of carbonyl (C=O) groups is 2. The predicted molar refractivity (Wildman–Crippen MR) is 129 cm³/mol. The molecule has 15 heteroatoms. The van der Waals surface area contributed by atoms with Crippen molar-refractivity contribution in [1.82, 2.24) is 30.1 Å². The van der Waals surface area contributed by atoms with Gasteiger partial charge in [-0.25, -0.2) is 27.9 Å². The van der Waals surface area contributed by atoms with Gasteiger partial charge in [-0.3, -0.25) is 0 Å². The van der Waals surface area contributed by atoms with Crippen LogP contribution in [0.5, 0.6) is 0 Å². The summed E-state index contributed by atoms with van der Waals surface area (Å²) in [6.45, 7) is 5.12. The minimum Gasteiger partial charge on any atom is -0.444 e. The third-order valence-corrected chi connectivity index (χ3v) is 6.14. The van der Waals surface area contributed by atoms with Gasteiger partial charge in [-0.05, 0) is 33.3 Å². The van der Waals surface area contributed by atoms with E-state index < -0.39 is 66.8 Å². The van der Waals surface area contributed by atoms with Crippen molar-refractivity contribution in [3.05, 3.63) is 29.7 Å². The fourth-order valence-electron chi connectivity index (χ4n) is 4.02. The first-order valence-corrected chi connectivity index (χ1v) is 12.1. The smallest absolute Gasteiger partial charge is 0.408 e. The summed E-state index contributed by atoms with van der Waals surface area (Å²) in [5.41, 5.74) is -2.53. The van der Waals surface area contributed by atoms with Crippen molar-refractivity contribution < 1.29 is 41.0 Å². The van der Waals surface area contributed by atoms with Gasteiger partial charge in [0, 0.05) is 12.7 Å². The second kappa shape index (κ2) is 10.7. The number of imidazole rings is 1. The molecule has 0 aromatic carbocycles. The third kappa shape index (κ3) is 7.46. The normalized spacial score (nSPS) is 18.0. The quantitative estimate of drug-likeness (QED) is 0.453. The monoisotopic (exact) mass is 564 g/mol. The average Bonchev–Trinajstić information content (AvgIpc) is 3.20. The number of alkyl halides is 5. The van der Waals surface area contributed by atoms with E-state index in [1.54, 1.807) is 20.8 Å². The molecule has 1 aliphatic heterocycles. The van der Waals surface area contributed by atoms with E-state index in [0.29, 0.717) is 5.56 Å². The fraction of sp³-hybridized carbons (Fsp3) is 0.667. The summed E-state index contributed by atoms with van der Waals surface area (Å²) in [6.07, 6.45) is -3.36. The average molecular weight is 565 g/mol. The molecular formula is C24H33F5N6O4. The van der Waals surface area contributed by atoms with E-state index in [9.17, 15) is 31.5 Å². The highest BCUT2D eigenvalue weighted by Crippen LogP contribution is 2.43. The molecule has 10 nitrogen and oxygen atoms in total. The Labute approximate surface area is 222 Å². The maximum Gasteiger partial charge on any atom is 0.408 e. The van der Waals surface area contributed by atoms with E-state index in [1.807, 2.05) is 0 Å². The topological polar surface area (TPSA) is 110 Å². The van der Waals surface area contributed by atoms with Crippen LogP contribution >= 0.6 is 0 Å². The van der Waals surface area contributed by atoms with Crippen LogP contribution in [0.2, 0.25) is 0 Å². The Bertz CT molecular complexity index is 1190. The van der Waals surface area contributed by atoms with E-state index in [1.165, 1.54) is 30.1 Å². The molecular weight excluding hydrogens is 531 g/mol. The molecule has 2 aromatic heterocycles. The number of alkyl carbamates (subject to hydrolysis) is 1. The van der Waals surface area contributed by atoms with Crippen LogP contribution in [0.1, 0.15) is 64.4 Å². The maximum atomic E-state index is 14.1. The number of fused-ring (bicyclic) bond motifs is 1. The van der Waals surface area contributed by atoms with Gasteiger partial charge in [0.1, 0.15) is 5.60 Å². The Morgan fingerprint density at radius 1 is 1.23 bits per heavy atom. The minimum atomic E-state index is -4.57. The molecule has 2 aromatic rings. The number of halogens is 5. The van der Waals surface area contributed by atoms with Crippen LogP contribution < -0.4 is 10.6 Å². The first kappa shape index (κ1) is 30.3. The van der Waals surface area contributed by atoms with Gasteiger partial charge >= 0.3 is 18.3 Å². The number of hydrogen-bond acceptors (Lipinski definition) is 6. The number of carbonyl (C=O) groups excluding carboxylic acids is 2. The Morgan fingerprint density at radius 2 is 1.90 bits per heavy atom. The van der Waals surface area contributed by atoms with Crippen molar-refractivity contribution in [3.8, 4) is 0 Å². The molecule has 39 heavy (non-hydrogen) atoms. The Balaban J connectivity index is 1.98. The second-order valence-electron chi connectivity index (χ2n) is 11.2. The number of methoxy groups -OCH3 is 1. The molecule has 2 N–H and O–H groups in total. The molecule has 3 amide bonds. The first-order chi connectivity index (χ1) is 17.8. The van der Waals surface area contributed by atoms with Crippen molar-refractivity contribution in [2.45, 2.75) is 70.8 Å². The second-order valence-corrected chi connectivity index (χ2v) is 11.2. The summed E-state index contributed by atoms with van der Waals surface area (Å²) in [7, 11) is 1.35. The zero-order valence-corrected chi connectivity index (χ0v) is 22.5. The number of ether oxygens (including phenoxy) is 2. The van der Waals surface area contributed by atoms with Gasteiger partial charge in [0.05, 0.1) is 55.3 Å². The molecule has 0 spiro atoms. The molecule has 3 heterocycles. The van der Waals surface area contributed by atoms with Crippen molar-refractivity contribution in [2.75, 3.05) is 26.8 Å². The van der Waals surface area contributed by atoms with Crippen molar-refractivity contribution >= 4 is 17.8 Å². The molecule has 1 fully saturated rings. The van der Waals surface area contributed by atoms with E-state index in [-0.39, 0.29) is 17.9 Å². The Hall–Kier alpha value is -3.23. The largest absolute Gasteiger partial charge is 0.444 e. The van der Waals surface area contributed by atoms with Crippen LogP contribution in [0.25, 0.3) is 5.65 Å². The first-order valence-electron chi connectivity index (χ1n) is 12.1. The number of hydrogen-bond donors (Lipinski definition) is 2. The highest BCUT2D eigenvalue weighted by atomic mass is 19.4. The van der Waals surface area contributed by atoms with Crippen molar-refractivity contribution in [2.24, 2.45) is 5.41 Å². The Kier molecular flexibility index (Phi) is 8.35. The predicted octanol–water partition coefficient (Wildman–Crippen LogP) is 4.62. The molecule has 1 saturated heterocycles. The summed E-state index contributed by atoms with van der Waals surface area (Å²) < 4.78 is 80.9. The summed E-state index contributed by atoms with van der Waals surface area (Å²) in [5.74, 6) is -3.16. The van der Waals surface area contributed by atoms with Gasteiger partial charge in [-0.15, -0.1) is 0 Å². The lowest BCUT2D eigenvalue weighted by molar-refractivity contribution is -0.215. The molecule has 0 unspecified atom stereocenters. The van der Waals surface area contributed by atoms with Crippen LogP contribution in [0.4, 0.5) is 31.5 Å². The molecule has 0 saturated carbocycles. The highest BCUT2D eigenvalue weighted by molar-refractivity contribution is 5.76. The van der Waals surface area contributed by atoms with E-state index in [4.69, 9.17) is 9.47 Å². The van der Waals surface area contributed by atoms with Crippen LogP contribution in [0.15, 0.2) is 18.5 Å². The summed E-state index contributed by atoms with van der Waals surface area (Å²) in [6, 6.07) is -1.39. The lowest BCUT2D eigenvalue weighted by Crippen LogP contribution is -2.58. The number of rotatable bonds is 8. The SMILES string of the molecule is COC[C@H](c1cnn2cc([C@H](CC(C)(C)C(F)(F)F)NC(=O)OC(C)(C)C)nc2c1)N1CC(F)(F)CNC1=O. The van der Waals surface area contributed by atoms with Gasteiger partial charge < -0.3 is 25.0 Å². The van der Waals surface area contributed by atoms with Gasteiger partial charge in [0.25, 0.3) is 5.92 Å². The molecule has 0 radical (unpaired) electrons. The van der Waals surface area contributed by atoms with E-state index in [2.05, 4.69) is 20.7 Å². The zero-order chi connectivity index (χ0) is 29.4. The van der Waals surface area contributed by atoms with Crippen molar-refractivity contribution in [3.63, 3.8) is 0 Å². The van der Waals surface area contributed by atoms with E-state index >= 15 is 0 Å². The molecule has 218 valence electrons. The number of amides is 3. The van der Waals surface area contributed by atoms with E-state index in [0.717, 1.165) is 18.7 Å². The molecule has 2 atom stereocenters. The molecule has 3 rings (SSSR count). The fourth-order valence-corrected chi connectivity index (χ4v) is 4.02. The minimum absolute atomic E-state index is 0.0772. The highest BCUT2D eigenvalue weighted by Gasteiger charge is 2.49. The van der Waals surface area contributed by atoms with Gasteiger partial charge in [0.2, 0.25) is 0 Å². The molecule has 0 aliphatic carbocycles. The number of aromatic nitrogens is 3. The van der Waals surface area contributed by atoms with Crippen LogP contribution in [0, 0.1) is 5.41 Å². The lowest BCUT2D eigenvalue weighted by Gasteiger charge is -2.38. The summed E-state index contributed by atoms with van der Waals surface area (Å²) >= 11 is 0. The van der Waals surface area contributed by atoms with Crippen LogP contribution in [-0.4, -0.2) is 76.1 Å². The van der Waals surface area contributed by atoms with Crippen LogP contribution in [-0.2, 0) is 9.47 Å². The number of nitrogens with one attached hydrogen (secondary N) is 2. The summed E-state index contributed by atoms with van der Waals surface area (Å²) in [4.78, 5) is 30.2. The number of urea groups is 1. The zero-order valence-electron chi connectivity index (χ0n) is 22.5. The number of nitrogens with zero attached hydrogens (tertiary/aromatic N) is 4.